The third-order valence-electron chi connectivity index (χ3n) is 3.80. The number of hydrogen-bond acceptors (Lipinski definition) is 5. The van der Waals surface area contributed by atoms with E-state index in [9.17, 15) is 13.6 Å². The Kier molecular flexibility index (Phi) is 7.13. The standard InChI is InChI=1S/C21H18ClF2NO5/c1-2-27-19-11-14(5-9-17(19)30-21(23)24)25-20(26)18-10-8-16(29-18)12-28-15-6-3-13(22)4-7-15/h3-11,21H,2,12H2,1H3,(H,25,26). The molecular formula is C21H18ClF2NO5. The maximum absolute atomic E-state index is 12.5. The van der Waals surface area contributed by atoms with Crippen molar-refractivity contribution in [2.75, 3.05) is 11.9 Å². The van der Waals surface area contributed by atoms with Gasteiger partial charge in [-0.1, -0.05) is 11.6 Å². The number of amides is 1. The van der Waals surface area contributed by atoms with E-state index in [1.54, 1.807) is 37.3 Å². The molecule has 0 saturated carbocycles. The van der Waals surface area contributed by atoms with E-state index >= 15 is 0 Å². The highest BCUT2D eigenvalue weighted by Gasteiger charge is 2.15. The van der Waals surface area contributed by atoms with E-state index < -0.39 is 12.5 Å². The molecule has 3 aromatic rings. The lowest BCUT2D eigenvalue weighted by Gasteiger charge is -2.13. The van der Waals surface area contributed by atoms with Crippen LogP contribution < -0.4 is 19.5 Å². The largest absolute Gasteiger partial charge is 0.490 e. The number of carbonyl (C=O) groups is 1. The van der Waals surface area contributed by atoms with Crippen molar-refractivity contribution in [3.8, 4) is 17.2 Å². The summed E-state index contributed by atoms with van der Waals surface area (Å²) >= 11 is 5.82. The number of carbonyl (C=O) groups excluding carboxylic acids is 1. The van der Waals surface area contributed by atoms with Gasteiger partial charge >= 0.3 is 6.61 Å². The molecule has 1 N–H and O–H groups in total. The fourth-order valence-electron chi connectivity index (χ4n) is 2.50. The highest BCUT2D eigenvalue weighted by atomic mass is 35.5. The normalized spacial score (nSPS) is 10.7. The molecule has 0 aliphatic carbocycles. The first-order valence-electron chi connectivity index (χ1n) is 8.94. The van der Waals surface area contributed by atoms with Gasteiger partial charge in [-0.25, -0.2) is 0 Å². The van der Waals surface area contributed by atoms with E-state index in [2.05, 4.69) is 10.1 Å². The molecule has 1 heterocycles. The Labute approximate surface area is 176 Å². The summed E-state index contributed by atoms with van der Waals surface area (Å²) in [5.41, 5.74) is 0.334. The first kappa shape index (κ1) is 21.4. The molecule has 0 aliphatic rings. The van der Waals surface area contributed by atoms with Crippen LogP contribution in [-0.4, -0.2) is 19.1 Å². The molecule has 3 rings (SSSR count). The Morgan fingerprint density at radius 1 is 1.07 bits per heavy atom. The molecule has 1 amide bonds. The highest BCUT2D eigenvalue weighted by Crippen LogP contribution is 2.32. The second-order valence-corrected chi connectivity index (χ2v) is 6.37. The number of benzene rings is 2. The summed E-state index contributed by atoms with van der Waals surface area (Å²) in [6.45, 7) is -0.912. The average Bonchev–Trinajstić information content (AvgIpc) is 3.19. The second kappa shape index (κ2) is 9.98. The molecule has 0 atom stereocenters. The molecule has 9 heteroatoms. The van der Waals surface area contributed by atoms with Gasteiger partial charge in [0, 0.05) is 16.8 Å². The molecular weight excluding hydrogens is 420 g/mol. The maximum Gasteiger partial charge on any atom is 0.387 e. The molecule has 158 valence electrons. The van der Waals surface area contributed by atoms with Gasteiger partial charge in [0.05, 0.1) is 6.61 Å². The van der Waals surface area contributed by atoms with Crippen molar-refractivity contribution in [3.63, 3.8) is 0 Å². The SMILES string of the molecule is CCOc1cc(NC(=O)c2ccc(COc3ccc(Cl)cc3)o2)ccc1OC(F)F. The molecule has 2 aromatic carbocycles. The van der Waals surface area contributed by atoms with Gasteiger partial charge in [0.25, 0.3) is 5.91 Å². The van der Waals surface area contributed by atoms with E-state index in [0.29, 0.717) is 22.2 Å². The Hall–Kier alpha value is -3.26. The molecule has 0 fully saturated rings. The minimum Gasteiger partial charge on any atom is -0.490 e. The predicted octanol–water partition coefficient (Wildman–Crippen LogP) is 5.76. The van der Waals surface area contributed by atoms with Crippen LogP contribution in [0.5, 0.6) is 17.2 Å². The van der Waals surface area contributed by atoms with Crippen molar-refractivity contribution in [2.24, 2.45) is 0 Å². The number of alkyl halides is 2. The van der Waals surface area contributed by atoms with Crippen LogP contribution in [-0.2, 0) is 6.61 Å². The molecule has 1 aromatic heterocycles. The number of halogens is 3. The van der Waals surface area contributed by atoms with Crippen molar-refractivity contribution in [1.82, 2.24) is 0 Å². The minimum absolute atomic E-state index is 0.0653. The summed E-state index contributed by atoms with van der Waals surface area (Å²) in [6.07, 6.45) is 0. The van der Waals surface area contributed by atoms with Crippen LogP contribution >= 0.6 is 11.6 Å². The number of furan rings is 1. The van der Waals surface area contributed by atoms with Crippen molar-refractivity contribution < 1.29 is 32.2 Å². The second-order valence-electron chi connectivity index (χ2n) is 5.94. The molecule has 0 spiro atoms. The third kappa shape index (κ3) is 5.87. The van der Waals surface area contributed by atoms with E-state index in [0.717, 1.165) is 0 Å². The van der Waals surface area contributed by atoms with E-state index in [-0.39, 0.29) is 30.5 Å². The lowest BCUT2D eigenvalue weighted by Crippen LogP contribution is -2.11. The smallest absolute Gasteiger partial charge is 0.387 e. The van der Waals surface area contributed by atoms with Crippen molar-refractivity contribution >= 4 is 23.2 Å². The predicted molar refractivity (Wildman–Crippen MR) is 107 cm³/mol. The van der Waals surface area contributed by atoms with Crippen LogP contribution in [0.25, 0.3) is 0 Å². The number of anilines is 1. The van der Waals surface area contributed by atoms with Gasteiger partial charge in [-0.05, 0) is 55.5 Å². The summed E-state index contributed by atoms with van der Waals surface area (Å²) in [7, 11) is 0. The lowest BCUT2D eigenvalue weighted by atomic mass is 10.2. The van der Waals surface area contributed by atoms with Crippen LogP contribution in [0.2, 0.25) is 5.02 Å². The van der Waals surface area contributed by atoms with Crippen LogP contribution in [0.15, 0.2) is 59.0 Å². The third-order valence-corrected chi connectivity index (χ3v) is 4.05. The van der Waals surface area contributed by atoms with E-state index in [4.69, 9.17) is 25.5 Å². The van der Waals surface area contributed by atoms with Crippen LogP contribution in [0.1, 0.15) is 23.2 Å². The summed E-state index contributed by atoms with van der Waals surface area (Å²) in [5.74, 6) is 0.576. The Balaban J connectivity index is 1.63. The number of hydrogen-bond donors (Lipinski definition) is 1. The van der Waals surface area contributed by atoms with Gasteiger partial charge in [0.1, 0.15) is 18.1 Å². The topological polar surface area (TPSA) is 69.9 Å². The highest BCUT2D eigenvalue weighted by molar-refractivity contribution is 6.30. The van der Waals surface area contributed by atoms with Gasteiger partial charge in [0.2, 0.25) is 0 Å². The summed E-state index contributed by atoms with van der Waals surface area (Å²) in [5, 5.41) is 3.22. The summed E-state index contributed by atoms with van der Waals surface area (Å²) in [4.78, 5) is 12.4. The molecule has 0 saturated heterocycles. The van der Waals surface area contributed by atoms with Gasteiger partial charge in [-0.2, -0.15) is 8.78 Å². The number of nitrogens with one attached hydrogen (secondary N) is 1. The molecule has 0 radical (unpaired) electrons. The number of ether oxygens (including phenoxy) is 3. The Morgan fingerprint density at radius 2 is 1.83 bits per heavy atom. The van der Waals surface area contributed by atoms with E-state index in [1.165, 1.54) is 24.3 Å². The van der Waals surface area contributed by atoms with Gasteiger partial charge in [-0.3, -0.25) is 4.79 Å². The zero-order valence-electron chi connectivity index (χ0n) is 15.9. The molecule has 6 nitrogen and oxygen atoms in total. The molecule has 30 heavy (non-hydrogen) atoms. The quantitative estimate of drug-likeness (QED) is 0.460. The Bertz CT molecular complexity index is 991. The Morgan fingerprint density at radius 3 is 2.53 bits per heavy atom. The summed E-state index contributed by atoms with van der Waals surface area (Å²) in [6, 6.07) is 14.1. The van der Waals surface area contributed by atoms with Crippen LogP contribution in [0, 0.1) is 0 Å². The zero-order chi connectivity index (χ0) is 21.5. The monoisotopic (exact) mass is 437 g/mol. The van der Waals surface area contributed by atoms with Crippen LogP contribution in [0.4, 0.5) is 14.5 Å². The van der Waals surface area contributed by atoms with E-state index in [1.807, 2.05) is 0 Å². The summed E-state index contributed by atoms with van der Waals surface area (Å²) < 4.78 is 45.7. The van der Waals surface area contributed by atoms with Crippen molar-refractivity contribution in [2.45, 2.75) is 20.1 Å². The molecule has 0 aliphatic heterocycles. The van der Waals surface area contributed by atoms with Gasteiger partial charge in [0.15, 0.2) is 17.3 Å². The van der Waals surface area contributed by atoms with Gasteiger partial charge < -0.3 is 23.9 Å². The lowest BCUT2D eigenvalue weighted by molar-refractivity contribution is -0.0514. The van der Waals surface area contributed by atoms with Crippen molar-refractivity contribution in [3.05, 3.63) is 71.1 Å². The maximum atomic E-state index is 12.5. The van der Waals surface area contributed by atoms with Crippen LogP contribution in [0.3, 0.4) is 0 Å². The van der Waals surface area contributed by atoms with Gasteiger partial charge in [-0.15, -0.1) is 0 Å². The first-order chi connectivity index (χ1) is 14.4. The number of rotatable bonds is 9. The first-order valence-corrected chi connectivity index (χ1v) is 9.32. The fraction of sp³-hybridized carbons (Fsp3) is 0.190. The molecule has 0 bridgehead atoms. The minimum atomic E-state index is -2.98. The van der Waals surface area contributed by atoms with Crippen molar-refractivity contribution in [1.29, 1.82) is 0 Å². The fourth-order valence-corrected chi connectivity index (χ4v) is 2.63. The zero-order valence-corrected chi connectivity index (χ0v) is 16.6. The average molecular weight is 438 g/mol. The molecule has 0 unspecified atom stereocenters.